The van der Waals surface area contributed by atoms with E-state index in [0.29, 0.717) is 12.1 Å². The van der Waals surface area contributed by atoms with E-state index in [-0.39, 0.29) is 54.3 Å². The quantitative estimate of drug-likeness (QED) is 0.698. The summed E-state index contributed by atoms with van der Waals surface area (Å²) in [6.07, 6.45) is 1.17. The molecule has 1 fully saturated rings. The molecule has 0 bridgehead atoms. The summed E-state index contributed by atoms with van der Waals surface area (Å²) in [5.41, 5.74) is 0.475. The van der Waals surface area contributed by atoms with E-state index < -0.39 is 9.84 Å². The maximum absolute atomic E-state index is 12.9. The van der Waals surface area contributed by atoms with E-state index in [1.54, 1.807) is 16.8 Å². The van der Waals surface area contributed by atoms with Crippen LogP contribution in [0.15, 0.2) is 24.3 Å². The van der Waals surface area contributed by atoms with E-state index in [4.69, 9.17) is 0 Å². The Kier molecular flexibility index (Phi) is 7.54. The number of amides is 2. The van der Waals surface area contributed by atoms with Crippen LogP contribution >= 0.6 is 0 Å². The Morgan fingerprint density at radius 3 is 2.43 bits per heavy atom. The lowest BCUT2D eigenvalue weighted by Crippen LogP contribution is -2.50. The van der Waals surface area contributed by atoms with Crippen molar-refractivity contribution in [3.05, 3.63) is 30.1 Å². The molecule has 28 heavy (non-hydrogen) atoms. The molecule has 1 aromatic carbocycles. The molecule has 1 aliphatic heterocycles. The minimum absolute atomic E-state index is 0.00214. The number of rotatable bonds is 8. The van der Waals surface area contributed by atoms with Gasteiger partial charge in [-0.2, -0.15) is 0 Å². The molecule has 2 amide bonds. The number of hydrogen-bond donors (Lipinski definition) is 1. The van der Waals surface area contributed by atoms with Gasteiger partial charge in [0.25, 0.3) is 0 Å². The van der Waals surface area contributed by atoms with Crippen LogP contribution in [0.2, 0.25) is 0 Å². The first-order valence-electron chi connectivity index (χ1n) is 9.37. The van der Waals surface area contributed by atoms with Crippen LogP contribution in [0.1, 0.15) is 26.7 Å². The summed E-state index contributed by atoms with van der Waals surface area (Å²) in [6, 6.07) is 5.04. The molecule has 1 saturated heterocycles. The van der Waals surface area contributed by atoms with E-state index in [1.165, 1.54) is 24.3 Å². The number of halogens is 1. The fraction of sp³-hybridized carbons (Fsp3) is 0.579. The van der Waals surface area contributed by atoms with Crippen molar-refractivity contribution in [1.29, 1.82) is 0 Å². The molecule has 9 heteroatoms. The molecule has 1 aromatic rings. The number of benzene rings is 1. The number of nitrogens with zero attached hydrogens (tertiary/aromatic N) is 2. The summed E-state index contributed by atoms with van der Waals surface area (Å²) in [6.45, 7) is 3.86. The molecule has 7 nitrogen and oxygen atoms in total. The van der Waals surface area contributed by atoms with Crippen molar-refractivity contribution in [1.82, 2.24) is 9.80 Å². The highest BCUT2D eigenvalue weighted by molar-refractivity contribution is 7.91. The van der Waals surface area contributed by atoms with Crippen LogP contribution in [0, 0.1) is 5.82 Å². The average molecular weight is 414 g/mol. The van der Waals surface area contributed by atoms with Gasteiger partial charge in [0.2, 0.25) is 11.8 Å². The molecular formula is C19H28FN3O4S. The summed E-state index contributed by atoms with van der Waals surface area (Å²) in [5, 5.41) is 2.65. The van der Waals surface area contributed by atoms with Crippen LogP contribution in [0.25, 0.3) is 0 Å². The third-order valence-electron chi connectivity index (χ3n) is 4.90. The van der Waals surface area contributed by atoms with Gasteiger partial charge in [-0.15, -0.1) is 0 Å². The van der Waals surface area contributed by atoms with Crippen LogP contribution in [0.3, 0.4) is 0 Å². The van der Waals surface area contributed by atoms with Crippen molar-refractivity contribution in [3.8, 4) is 0 Å². The van der Waals surface area contributed by atoms with Crippen molar-refractivity contribution < 1.29 is 22.4 Å². The minimum atomic E-state index is -3.10. The van der Waals surface area contributed by atoms with Gasteiger partial charge in [0.1, 0.15) is 5.82 Å². The maximum Gasteiger partial charge on any atom is 0.238 e. The topological polar surface area (TPSA) is 86.8 Å². The first-order chi connectivity index (χ1) is 13.1. The Balaban J connectivity index is 1.94. The minimum Gasteiger partial charge on any atom is -0.335 e. The van der Waals surface area contributed by atoms with Crippen molar-refractivity contribution in [3.63, 3.8) is 0 Å². The fourth-order valence-corrected chi connectivity index (χ4v) is 5.06. The maximum atomic E-state index is 12.9. The lowest BCUT2D eigenvalue weighted by Gasteiger charge is -2.34. The second kappa shape index (κ2) is 9.47. The highest BCUT2D eigenvalue weighted by Gasteiger charge is 2.36. The molecule has 2 rings (SSSR count). The average Bonchev–Trinajstić information content (AvgIpc) is 2.96. The van der Waals surface area contributed by atoms with Crippen LogP contribution in [-0.4, -0.2) is 73.8 Å². The predicted octanol–water partition coefficient (Wildman–Crippen LogP) is 1.51. The van der Waals surface area contributed by atoms with Gasteiger partial charge in [-0.05, 0) is 51.1 Å². The zero-order valence-corrected chi connectivity index (χ0v) is 17.3. The summed E-state index contributed by atoms with van der Waals surface area (Å²) < 4.78 is 36.6. The lowest BCUT2D eigenvalue weighted by molar-refractivity contribution is -0.136. The van der Waals surface area contributed by atoms with Gasteiger partial charge in [0, 0.05) is 17.8 Å². The molecular weight excluding hydrogens is 385 g/mol. The Morgan fingerprint density at radius 2 is 1.89 bits per heavy atom. The molecule has 1 N–H and O–H groups in total. The molecule has 2 unspecified atom stereocenters. The lowest BCUT2D eigenvalue weighted by atomic mass is 10.1. The highest BCUT2D eigenvalue weighted by Crippen LogP contribution is 2.21. The Labute approximate surface area is 165 Å². The zero-order chi connectivity index (χ0) is 20.9. The van der Waals surface area contributed by atoms with Gasteiger partial charge < -0.3 is 10.2 Å². The number of nitrogens with one attached hydrogen (secondary N) is 1. The Hall–Kier alpha value is -2.00. The standard InChI is InChI=1S/C19H28FN3O4S/c1-4-14(2)23(17-9-10-28(26,27)13-17)19(25)12-22(3)11-18(24)21-16-7-5-15(20)6-8-16/h5-8,14,17H,4,9-13H2,1-3H3,(H,21,24). The second-order valence-electron chi connectivity index (χ2n) is 7.34. The third kappa shape index (κ3) is 6.27. The van der Waals surface area contributed by atoms with Crippen LogP contribution in [-0.2, 0) is 19.4 Å². The zero-order valence-electron chi connectivity index (χ0n) is 16.5. The summed E-state index contributed by atoms with van der Waals surface area (Å²) in [7, 11) is -1.44. The number of likely N-dealkylation sites (N-methyl/N-ethyl adjacent to an activating group) is 1. The molecule has 2 atom stereocenters. The molecule has 0 saturated carbocycles. The van der Waals surface area contributed by atoms with Crippen LogP contribution in [0.5, 0.6) is 0 Å². The molecule has 1 aliphatic rings. The van der Waals surface area contributed by atoms with Gasteiger partial charge >= 0.3 is 0 Å². The molecule has 0 spiro atoms. The van der Waals surface area contributed by atoms with Crippen molar-refractivity contribution >= 4 is 27.3 Å². The number of carbonyl (C=O) groups excluding carboxylic acids is 2. The number of anilines is 1. The number of carbonyl (C=O) groups is 2. The summed E-state index contributed by atoms with van der Waals surface area (Å²) in [5.74, 6) is -0.792. The Bertz CT molecular complexity index is 798. The number of hydrogen-bond acceptors (Lipinski definition) is 5. The normalized spacial score (nSPS) is 19.4. The SMILES string of the molecule is CCC(C)N(C(=O)CN(C)CC(=O)Nc1ccc(F)cc1)C1CCS(=O)(=O)C1. The molecule has 1 heterocycles. The predicted molar refractivity (Wildman–Crippen MR) is 106 cm³/mol. The van der Waals surface area contributed by atoms with E-state index in [1.807, 2.05) is 13.8 Å². The smallest absolute Gasteiger partial charge is 0.238 e. The van der Waals surface area contributed by atoms with Gasteiger partial charge in [-0.1, -0.05) is 6.92 Å². The monoisotopic (exact) mass is 413 g/mol. The fourth-order valence-electron chi connectivity index (χ4n) is 3.35. The molecule has 0 aromatic heterocycles. The number of sulfone groups is 1. The first-order valence-corrected chi connectivity index (χ1v) is 11.2. The Morgan fingerprint density at radius 1 is 1.25 bits per heavy atom. The van der Waals surface area contributed by atoms with Gasteiger partial charge in [-0.25, -0.2) is 12.8 Å². The van der Waals surface area contributed by atoms with E-state index in [0.717, 1.165) is 6.42 Å². The van der Waals surface area contributed by atoms with E-state index >= 15 is 0 Å². The van der Waals surface area contributed by atoms with E-state index in [9.17, 15) is 22.4 Å². The van der Waals surface area contributed by atoms with Crippen LogP contribution in [0.4, 0.5) is 10.1 Å². The van der Waals surface area contributed by atoms with Crippen molar-refractivity contribution in [2.45, 2.75) is 38.8 Å². The summed E-state index contributed by atoms with van der Waals surface area (Å²) >= 11 is 0. The van der Waals surface area contributed by atoms with Gasteiger partial charge in [0.15, 0.2) is 9.84 Å². The van der Waals surface area contributed by atoms with Crippen molar-refractivity contribution in [2.24, 2.45) is 0 Å². The van der Waals surface area contributed by atoms with Crippen molar-refractivity contribution in [2.75, 3.05) is 37.0 Å². The largest absolute Gasteiger partial charge is 0.335 e. The van der Waals surface area contributed by atoms with Crippen LogP contribution < -0.4 is 5.32 Å². The third-order valence-corrected chi connectivity index (χ3v) is 6.65. The van der Waals surface area contributed by atoms with E-state index in [2.05, 4.69) is 5.32 Å². The highest BCUT2D eigenvalue weighted by atomic mass is 32.2. The first kappa shape index (κ1) is 22.3. The van der Waals surface area contributed by atoms with Gasteiger partial charge in [0.05, 0.1) is 24.6 Å². The molecule has 0 aliphatic carbocycles. The van der Waals surface area contributed by atoms with Gasteiger partial charge in [-0.3, -0.25) is 14.5 Å². The summed E-state index contributed by atoms with van der Waals surface area (Å²) in [4.78, 5) is 28.2. The second-order valence-corrected chi connectivity index (χ2v) is 9.57. The molecule has 0 radical (unpaired) electrons. The molecule has 156 valence electrons.